The SMILES string of the molecule is COc1ccc(C2CN(C(C)=O)CC2C(=O)NCc2ccccc2)c(OC)c1. The third kappa shape index (κ3) is 4.27. The van der Waals surface area contributed by atoms with Crippen LogP contribution in [0.4, 0.5) is 0 Å². The molecular weight excluding hydrogens is 356 g/mol. The number of benzene rings is 2. The first-order chi connectivity index (χ1) is 13.5. The highest BCUT2D eigenvalue weighted by Crippen LogP contribution is 2.39. The highest BCUT2D eigenvalue weighted by Gasteiger charge is 2.40. The number of carbonyl (C=O) groups is 2. The van der Waals surface area contributed by atoms with Crippen LogP contribution < -0.4 is 14.8 Å². The van der Waals surface area contributed by atoms with E-state index < -0.39 is 0 Å². The van der Waals surface area contributed by atoms with Gasteiger partial charge in [-0.15, -0.1) is 0 Å². The molecule has 3 rings (SSSR count). The molecule has 0 aliphatic carbocycles. The minimum atomic E-state index is -0.338. The van der Waals surface area contributed by atoms with Crippen molar-refractivity contribution in [3.63, 3.8) is 0 Å². The highest BCUT2D eigenvalue weighted by atomic mass is 16.5. The molecule has 2 unspecified atom stereocenters. The summed E-state index contributed by atoms with van der Waals surface area (Å²) in [5.74, 6) is 0.782. The zero-order chi connectivity index (χ0) is 20.1. The van der Waals surface area contributed by atoms with Gasteiger partial charge in [0.05, 0.1) is 20.1 Å². The molecule has 2 aromatic rings. The van der Waals surface area contributed by atoms with Crippen molar-refractivity contribution >= 4 is 11.8 Å². The van der Waals surface area contributed by atoms with E-state index in [4.69, 9.17) is 9.47 Å². The molecule has 1 saturated heterocycles. The van der Waals surface area contributed by atoms with Gasteiger partial charge < -0.3 is 19.7 Å². The molecule has 6 heteroatoms. The first-order valence-corrected chi connectivity index (χ1v) is 9.32. The summed E-state index contributed by atoms with van der Waals surface area (Å²) < 4.78 is 10.8. The van der Waals surface area contributed by atoms with Crippen LogP contribution >= 0.6 is 0 Å². The minimum absolute atomic E-state index is 0.0316. The molecule has 0 spiro atoms. The van der Waals surface area contributed by atoms with Gasteiger partial charge in [-0.2, -0.15) is 0 Å². The van der Waals surface area contributed by atoms with Gasteiger partial charge in [-0.25, -0.2) is 0 Å². The standard InChI is InChI=1S/C22H26N2O4/c1-15(25)24-13-19(18-10-9-17(27-2)11-21(18)28-3)20(14-24)22(26)23-12-16-7-5-4-6-8-16/h4-11,19-20H,12-14H2,1-3H3,(H,23,26). The second-order valence-corrected chi connectivity index (χ2v) is 6.95. The third-order valence-corrected chi connectivity index (χ3v) is 5.25. The fourth-order valence-electron chi connectivity index (χ4n) is 3.68. The molecule has 0 saturated carbocycles. The molecule has 0 radical (unpaired) electrons. The lowest BCUT2D eigenvalue weighted by Gasteiger charge is -2.21. The molecule has 1 aliphatic rings. The Bertz CT molecular complexity index is 838. The van der Waals surface area contributed by atoms with Crippen molar-refractivity contribution in [2.45, 2.75) is 19.4 Å². The predicted octanol–water partition coefficient (Wildman–Crippen LogP) is 2.58. The van der Waals surface area contributed by atoms with Crippen LogP contribution in [0.1, 0.15) is 24.0 Å². The molecule has 1 heterocycles. The smallest absolute Gasteiger partial charge is 0.225 e. The largest absolute Gasteiger partial charge is 0.497 e. The summed E-state index contributed by atoms with van der Waals surface area (Å²) in [6.07, 6.45) is 0. The van der Waals surface area contributed by atoms with Crippen molar-refractivity contribution in [1.29, 1.82) is 0 Å². The van der Waals surface area contributed by atoms with E-state index in [9.17, 15) is 9.59 Å². The van der Waals surface area contributed by atoms with E-state index in [1.807, 2.05) is 48.5 Å². The molecule has 1 aliphatic heterocycles. The van der Waals surface area contributed by atoms with Crippen LogP contribution in [0.5, 0.6) is 11.5 Å². The van der Waals surface area contributed by atoms with Gasteiger partial charge in [0.25, 0.3) is 0 Å². The van der Waals surface area contributed by atoms with Crippen LogP contribution in [-0.4, -0.2) is 44.0 Å². The fourth-order valence-corrected chi connectivity index (χ4v) is 3.68. The first kappa shape index (κ1) is 19.7. The maximum Gasteiger partial charge on any atom is 0.225 e. The van der Waals surface area contributed by atoms with Crippen molar-refractivity contribution in [3.8, 4) is 11.5 Å². The molecule has 6 nitrogen and oxygen atoms in total. The summed E-state index contributed by atoms with van der Waals surface area (Å²) in [7, 11) is 3.20. The monoisotopic (exact) mass is 382 g/mol. The Kier molecular flexibility index (Phi) is 6.19. The summed E-state index contributed by atoms with van der Waals surface area (Å²) >= 11 is 0. The van der Waals surface area contributed by atoms with E-state index >= 15 is 0 Å². The summed E-state index contributed by atoms with van der Waals surface area (Å²) in [4.78, 5) is 26.7. The van der Waals surface area contributed by atoms with Gasteiger partial charge in [0, 0.05) is 44.1 Å². The highest BCUT2D eigenvalue weighted by molar-refractivity contribution is 5.83. The van der Waals surface area contributed by atoms with Gasteiger partial charge in [0.1, 0.15) is 11.5 Å². The lowest BCUT2D eigenvalue weighted by molar-refractivity contribution is -0.128. The summed E-state index contributed by atoms with van der Waals surface area (Å²) in [6.45, 7) is 2.88. The van der Waals surface area contributed by atoms with Gasteiger partial charge in [0.2, 0.25) is 11.8 Å². The molecule has 2 atom stereocenters. The molecular formula is C22H26N2O4. The lowest BCUT2D eigenvalue weighted by atomic mass is 9.87. The number of rotatable bonds is 6. The molecule has 2 aromatic carbocycles. The number of hydrogen-bond acceptors (Lipinski definition) is 4. The number of hydrogen-bond donors (Lipinski definition) is 1. The van der Waals surface area contributed by atoms with Gasteiger partial charge in [-0.1, -0.05) is 36.4 Å². The Morgan fingerprint density at radius 1 is 1.07 bits per heavy atom. The Morgan fingerprint density at radius 2 is 1.82 bits per heavy atom. The lowest BCUT2D eigenvalue weighted by Crippen LogP contribution is -2.35. The fraction of sp³-hybridized carbons (Fsp3) is 0.364. The average Bonchev–Trinajstić information content (AvgIpc) is 3.18. The first-order valence-electron chi connectivity index (χ1n) is 9.32. The number of methoxy groups -OCH3 is 2. The molecule has 28 heavy (non-hydrogen) atoms. The van der Waals surface area contributed by atoms with Gasteiger partial charge >= 0.3 is 0 Å². The zero-order valence-corrected chi connectivity index (χ0v) is 16.5. The van der Waals surface area contributed by atoms with E-state index in [2.05, 4.69) is 5.32 Å². The van der Waals surface area contributed by atoms with E-state index in [1.54, 1.807) is 19.1 Å². The van der Waals surface area contributed by atoms with Crippen molar-refractivity contribution in [2.75, 3.05) is 27.3 Å². The van der Waals surface area contributed by atoms with Crippen LogP contribution in [0, 0.1) is 5.92 Å². The zero-order valence-electron chi connectivity index (χ0n) is 16.5. The van der Waals surface area contributed by atoms with Crippen molar-refractivity contribution in [2.24, 2.45) is 5.92 Å². The predicted molar refractivity (Wildman–Crippen MR) is 106 cm³/mol. The molecule has 148 valence electrons. The number of carbonyl (C=O) groups excluding carboxylic acids is 2. The normalized spacial score (nSPS) is 18.6. The van der Waals surface area contributed by atoms with E-state index in [0.717, 1.165) is 11.1 Å². The Labute approximate surface area is 165 Å². The quantitative estimate of drug-likeness (QED) is 0.834. The van der Waals surface area contributed by atoms with E-state index in [-0.39, 0.29) is 23.7 Å². The van der Waals surface area contributed by atoms with Gasteiger partial charge in [-0.3, -0.25) is 9.59 Å². The van der Waals surface area contributed by atoms with E-state index in [0.29, 0.717) is 31.1 Å². The van der Waals surface area contributed by atoms with Gasteiger partial charge in [0.15, 0.2) is 0 Å². The number of amides is 2. The van der Waals surface area contributed by atoms with Gasteiger partial charge in [-0.05, 0) is 11.6 Å². The van der Waals surface area contributed by atoms with Crippen LogP contribution in [0.25, 0.3) is 0 Å². The molecule has 0 aromatic heterocycles. The third-order valence-electron chi connectivity index (χ3n) is 5.25. The van der Waals surface area contributed by atoms with Crippen molar-refractivity contribution in [3.05, 3.63) is 59.7 Å². The van der Waals surface area contributed by atoms with Crippen LogP contribution in [0.3, 0.4) is 0 Å². The molecule has 1 fully saturated rings. The molecule has 0 bridgehead atoms. The van der Waals surface area contributed by atoms with E-state index in [1.165, 1.54) is 6.92 Å². The molecule has 2 amide bonds. The number of likely N-dealkylation sites (tertiary alicyclic amines) is 1. The maximum absolute atomic E-state index is 13.0. The number of nitrogens with zero attached hydrogens (tertiary/aromatic N) is 1. The van der Waals surface area contributed by atoms with Crippen LogP contribution in [-0.2, 0) is 16.1 Å². The van der Waals surface area contributed by atoms with Crippen LogP contribution in [0.2, 0.25) is 0 Å². The Hall–Kier alpha value is -3.02. The molecule has 1 N–H and O–H groups in total. The minimum Gasteiger partial charge on any atom is -0.497 e. The second kappa shape index (κ2) is 8.78. The summed E-state index contributed by atoms with van der Waals surface area (Å²) in [6, 6.07) is 15.4. The Morgan fingerprint density at radius 3 is 2.46 bits per heavy atom. The van der Waals surface area contributed by atoms with Crippen molar-refractivity contribution in [1.82, 2.24) is 10.2 Å². The average molecular weight is 382 g/mol. The topological polar surface area (TPSA) is 67.9 Å². The summed E-state index contributed by atoms with van der Waals surface area (Å²) in [5.41, 5.74) is 1.95. The second-order valence-electron chi connectivity index (χ2n) is 6.95. The Balaban J connectivity index is 1.83. The summed E-state index contributed by atoms with van der Waals surface area (Å²) in [5, 5.41) is 3.02. The number of ether oxygens (including phenoxy) is 2. The maximum atomic E-state index is 13.0. The number of nitrogens with one attached hydrogen (secondary N) is 1. The van der Waals surface area contributed by atoms with Crippen LogP contribution in [0.15, 0.2) is 48.5 Å². The van der Waals surface area contributed by atoms with Crippen molar-refractivity contribution < 1.29 is 19.1 Å².